The number of aliphatic hydroxyl groups is 2. The Bertz CT molecular complexity index is 106. The lowest BCUT2D eigenvalue weighted by Crippen LogP contribution is -2.24. The van der Waals surface area contributed by atoms with Gasteiger partial charge in [0.2, 0.25) is 0 Å². The van der Waals surface area contributed by atoms with Gasteiger partial charge in [-0.2, -0.15) is 0 Å². The van der Waals surface area contributed by atoms with Crippen LogP contribution in [0.25, 0.3) is 0 Å². The third-order valence-corrected chi connectivity index (χ3v) is 2.17. The van der Waals surface area contributed by atoms with E-state index in [1.165, 1.54) is 0 Å². The van der Waals surface area contributed by atoms with Crippen molar-refractivity contribution in [1.29, 1.82) is 0 Å². The van der Waals surface area contributed by atoms with Crippen LogP contribution in [0.15, 0.2) is 0 Å². The maximum absolute atomic E-state index is 10.6. The van der Waals surface area contributed by atoms with E-state index in [1.807, 2.05) is 6.92 Å². The van der Waals surface area contributed by atoms with Crippen molar-refractivity contribution in [3.63, 3.8) is 0 Å². The van der Waals surface area contributed by atoms with Crippen molar-refractivity contribution >= 4 is 6.29 Å². The summed E-state index contributed by atoms with van der Waals surface area (Å²) in [6, 6.07) is 0. The Morgan fingerprint density at radius 2 is 1.73 bits per heavy atom. The molecular weight excluding hydrogens is 144 g/mol. The summed E-state index contributed by atoms with van der Waals surface area (Å²) in [5, 5.41) is 17.3. The van der Waals surface area contributed by atoms with Crippen LogP contribution in [0, 0.1) is 5.41 Å². The first-order valence-electron chi connectivity index (χ1n) is 3.92. The molecule has 11 heavy (non-hydrogen) atoms. The predicted molar refractivity (Wildman–Crippen MR) is 42.2 cm³/mol. The monoisotopic (exact) mass is 160 g/mol. The summed E-state index contributed by atoms with van der Waals surface area (Å²) in [6.45, 7) is 1.90. The second kappa shape index (κ2) is 5.27. The van der Waals surface area contributed by atoms with E-state index in [9.17, 15) is 4.79 Å². The maximum Gasteiger partial charge on any atom is 0.126 e. The first-order chi connectivity index (χ1) is 5.24. The largest absolute Gasteiger partial charge is 0.396 e. The van der Waals surface area contributed by atoms with Gasteiger partial charge in [0.05, 0.1) is 0 Å². The molecule has 0 rings (SSSR count). The van der Waals surface area contributed by atoms with Gasteiger partial charge in [0.25, 0.3) is 0 Å². The van der Waals surface area contributed by atoms with Crippen LogP contribution < -0.4 is 0 Å². The zero-order valence-electron chi connectivity index (χ0n) is 6.92. The number of rotatable bonds is 6. The molecule has 0 aromatic heterocycles. The molecule has 0 saturated carbocycles. The van der Waals surface area contributed by atoms with E-state index >= 15 is 0 Å². The van der Waals surface area contributed by atoms with Crippen LogP contribution in [-0.4, -0.2) is 29.7 Å². The lowest BCUT2D eigenvalue weighted by molar-refractivity contribution is -0.118. The Hall–Kier alpha value is -0.410. The zero-order valence-corrected chi connectivity index (χ0v) is 6.92. The van der Waals surface area contributed by atoms with Gasteiger partial charge in [-0.25, -0.2) is 0 Å². The van der Waals surface area contributed by atoms with E-state index in [1.54, 1.807) is 0 Å². The van der Waals surface area contributed by atoms with E-state index in [-0.39, 0.29) is 13.2 Å². The SMILES string of the molecule is CCC(C=O)(CCO)CCO. The Morgan fingerprint density at radius 3 is 1.91 bits per heavy atom. The number of aldehydes is 1. The third kappa shape index (κ3) is 2.99. The van der Waals surface area contributed by atoms with Gasteiger partial charge in [0, 0.05) is 18.6 Å². The highest BCUT2D eigenvalue weighted by atomic mass is 16.3. The molecule has 66 valence electrons. The van der Waals surface area contributed by atoms with E-state index < -0.39 is 5.41 Å². The topological polar surface area (TPSA) is 57.5 Å². The van der Waals surface area contributed by atoms with Gasteiger partial charge in [0.15, 0.2) is 0 Å². The predicted octanol–water partition coefficient (Wildman–Crippen LogP) is 0.347. The summed E-state index contributed by atoms with van der Waals surface area (Å²) >= 11 is 0. The number of aliphatic hydroxyl groups excluding tert-OH is 2. The Balaban J connectivity index is 4.07. The first kappa shape index (κ1) is 10.6. The fourth-order valence-electron chi connectivity index (χ4n) is 1.13. The quantitative estimate of drug-likeness (QED) is 0.551. The fourth-order valence-corrected chi connectivity index (χ4v) is 1.13. The van der Waals surface area contributed by atoms with Crippen LogP contribution in [0.1, 0.15) is 26.2 Å². The molecule has 0 heterocycles. The van der Waals surface area contributed by atoms with E-state index in [2.05, 4.69) is 0 Å². The molecule has 0 aliphatic carbocycles. The summed E-state index contributed by atoms with van der Waals surface area (Å²) in [7, 11) is 0. The standard InChI is InChI=1S/C8H16O3/c1-2-8(7-11,3-5-9)4-6-10/h7,9-10H,2-6H2,1H3. The third-order valence-electron chi connectivity index (χ3n) is 2.17. The van der Waals surface area contributed by atoms with Crippen molar-refractivity contribution in [3.8, 4) is 0 Å². The molecule has 0 unspecified atom stereocenters. The highest BCUT2D eigenvalue weighted by Crippen LogP contribution is 2.27. The zero-order chi connectivity index (χ0) is 8.74. The molecule has 0 aromatic carbocycles. The van der Waals surface area contributed by atoms with Gasteiger partial charge >= 0.3 is 0 Å². The molecule has 0 spiro atoms. The molecule has 0 radical (unpaired) electrons. The normalized spacial score (nSPS) is 11.5. The Kier molecular flexibility index (Phi) is 5.07. The molecule has 0 saturated heterocycles. The first-order valence-corrected chi connectivity index (χ1v) is 3.92. The van der Waals surface area contributed by atoms with Crippen LogP contribution in [-0.2, 0) is 4.79 Å². The molecule has 3 nitrogen and oxygen atoms in total. The molecule has 0 bridgehead atoms. The van der Waals surface area contributed by atoms with Crippen molar-refractivity contribution in [1.82, 2.24) is 0 Å². The molecule has 2 N–H and O–H groups in total. The highest BCUT2D eigenvalue weighted by Gasteiger charge is 2.25. The molecule has 0 aliphatic heterocycles. The van der Waals surface area contributed by atoms with E-state index in [4.69, 9.17) is 10.2 Å². The second-order valence-corrected chi connectivity index (χ2v) is 2.78. The van der Waals surface area contributed by atoms with E-state index in [0.717, 1.165) is 6.29 Å². The molecule has 0 atom stereocenters. The fraction of sp³-hybridized carbons (Fsp3) is 0.875. The summed E-state index contributed by atoms with van der Waals surface area (Å²) in [5.74, 6) is 0. The number of hydrogen-bond acceptors (Lipinski definition) is 3. The van der Waals surface area contributed by atoms with Crippen LogP contribution in [0.4, 0.5) is 0 Å². The lowest BCUT2D eigenvalue weighted by atomic mass is 9.81. The highest BCUT2D eigenvalue weighted by molar-refractivity contribution is 5.59. The number of carbonyl (C=O) groups is 1. The summed E-state index contributed by atoms with van der Waals surface area (Å²) in [6.07, 6.45) is 2.43. The molecule has 0 aromatic rings. The minimum Gasteiger partial charge on any atom is -0.396 e. The van der Waals surface area contributed by atoms with Crippen molar-refractivity contribution < 1.29 is 15.0 Å². The van der Waals surface area contributed by atoms with Crippen LogP contribution >= 0.6 is 0 Å². The van der Waals surface area contributed by atoms with Gasteiger partial charge in [-0.05, 0) is 19.3 Å². The van der Waals surface area contributed by atoms with Crippen molar-refractivity contribution in [2.75, 3.05) is 13.2 Å². The Morgan fingerprint density at radius 1 is 1.27 bits per heavy atom. The summed E-state index contributed by atoms with van der Waals surface area (Å²) in [5.41, 5.74) is -0.497. The van der Waals surface area contributed by atoms with E-state index in [0.29, 0.717) is 19.3 Å². The second-order valence-electron chi connectivity index (χ2n) is 2.78. The molecule has 3 heteroatoms. The lowest BCUT2D eigenvalue weighted by Gasteiger charge is -2.24. The average molecular weight is 160 g/mol. The van der Waals surface area contributed by atoms with Gasteiger partial charge < -0.3 is 15.0 Å². The molecule has 0 fully saturated rings. The van der Waals surface area contributed by atoms with Crippen molar-refractivity contribution in [2.24, 2.45) is 5.41 Å². The smallest absolute Gasteiger partial charge is 0.126 e. The maximum atomic E-state index is 10.6. The minimum absolute atomic E-state index is 0.00653. The Labute approximate surface area is 67.0 Å². The van der Waals surface area contributed by atoms with Gasteiger partial charge in [-0.3, -0.25) is 0 Å². The van der Waals surface area contributed by atoms with Gasteiger partial charge in [0.1, 0.15) is 6.29 Å². The average Bonchev–Trinajstić information content (AvgIpc) is 2.04. The van der Waals surface area contributed by atoms with Crippen molar-refractivity contribution in [3.05, 3.63) is 0 Å². The van der Waals surface area contributed by atoms with Crippen LogP contribution in [0.3, 0.4) is 0 Å². The molecule has 0 amide bonds. The number of carbonyl (C=O) groups excluding carboxylic acids is 1. The summed E-state index contributed by atoms with van der Waals surface area (Å²) in [4.78, 5) is 10.6. The molecular formula is C8H16O3. The van der Waals surface area contributed by atoms with Gasteiger partial charge in [-0.1, -0.05) is 6.92 Å². The number of hydrogen-bond donors (Lipinski definition) is 2. The van der Waals surface area contributed by atoms with Crippen LogP contribution in [0.2, 0.25) is 0 Å². The molecule has 0 aliphatic rings. The van der Waals surface area contributed by atoms with Crippen LogP contribution in [0.5, 0.6) is 0 Å². The van der Waals surface area contributed by atoms with Gasteiger partial charge in [-0.15, -0.1) is 0 Å². The van der Waals surface area contributed by atoms with Crippen molar-refractivity contribution in [2.45, 2.75) is 26.2 Å². The minimum atomic E-state index is -0.497. The summed E-state index contributed by atoms with van der Waals surface area (Å²) < 4.78 is 0.